The minimum atomic E-state index is 0.406. The molecule has 0 saturated heterocycles. The molecule has 0 aromatic heterocycles. The molecule has 0 spiro atoms. The largest absolute Gasteiger partial charge is 0.383 e. The summed E-state index contributed by atoms with van der Waals surface area (Å²) in [5.41, 5.74) is 7.14. The number of rotatable bonds is 7. The van der Waals surface area contributed by atoms with Gasteiger partial charge in [0.1, 0.15) is 0 Å². The molecule has 2 N–H and O–H groups in total. The number of nitrogens with zero attached hydrogens (tertiary/aromatic N) is 1. The predicted octanol–water partition coefficient (Wildman–Crippen LogP) is 1.31. The lowest BCUT2D eigenvalue weighted by molar-refractivity contribution is 0.158. The van der Waals surface area contributed by atoms with Crippen molar-refractivity contribution in [3.05, 3.63) is 35.9 Å². The Morgan fingerprint density at radius 2 is 2.00 bits per heavy atom. The first-order valence-electron chi connectivity index (χ1n) is 5.70. The molecule has 0 bridgehead atoms. The summed E-state index contributed by atoms with van der Waals surface area (Å²) in [5.74, 6) is 0.406. The van der Waals surface area contributed by atoms with E-state index in [2.05, 4.69) is 36.2 Å². The zero-order chi connectivity index (χ0) is 11.8. The molecule has 0 fully saturated rings. The van der Waals surface area contributed by atoms with E-state index in [1.807, 2.05) is 6.07 Å². The lowest BCUT2D eigenvalue weighted by atomic mass is 9.99. The quantitative estimate of drug-likeness (QED) is 0.756. The maximum Gasteiger partial charge on any atom is 0.0589 e. The summed E-state index contributed by atoms with van der Waals surface area (Å²) >= 11 is 0. The van der Waals surface area contributed by atoms with Crippen LogP contribution in [0.4, 0.5) is 0 Å². The van der Waals surface area contributed by atoms with Crippen molar-refractivity contribution in [1.29, 1.82) is 0 Å². The van der Waals surface area contributed by atoms with Gasteiger partial charge in [0.05, 0.1) is 6.61 Å². The first kappa shape index (κ1) is 13.2. The lowest BCUT2D eigenvalue weighted by Gasteiger charge is -2.23. The van der Waals surface area contributed by atoms with Crippen molar-refractivity contribution in [3.8, 4) is 0 Å². The second-order valence-corrected chi connectivity index (χ2v) is 4.10. The fraction of sp³-hybridized carbons (Fsp3) is 0.538. The monoisotopic (exact) mass is 222 g/mol. The molecule has 90 valence electrons. The molecule has 1 aromatic rings. The SMILES string of the molecule is COCCN(C)CC(CN)c1ccccc1. The molecule has 0 saturated carbocycles. The van der Waals surface area contributed by atoms with Crippen molar-refractivity contribution in [3.63, 3.8) is 0 Å². The Kier molecular flexibility index (Phi) is 6.08. The third-order valence-corrected chi connectivity index (χ3v) is 2.76. The van der Waals surface area contributed by atoms with Gasteiger partial charge in [-0.25, -0.2) is 0 Å². The van der Waals surface area contributed by atoms with Crippen LogP contribution in [0.15, 0.2) is 30.3 Å². The summed E-state index contributed by atoms with van der Waals surface area (Å²) in [4.78, 5) is 2.26. The molecule has 0 heterocycles. The normalized spacial score (nSPS) is 13.0. The maximum absolute atomic E-state index is 5.82. The Hall–Kier alpha value is -0.900. The number of hydrogen-bond acceptors (Lipinski definition) is 3. The average molecular weight is 222 g/mol. The van der Waals surface area contributed by atoms with Gasteiger partial charge >= 0.3 is 0 Å². The van der Waals surface area contributed by atoms with Gasteiger partial charge in [-0.15, -0.1) is 0 Å². The molecule has 1 rings (SSSR count). The summed E-state index contributed by atoms with van der Waals surface area (Å²) in [6, 6.07) is 10.4. The van der Waals surface area contributed by atoms with E-state index in [1.165, 1.54) is 5.56 Å². The molecule has 0 amide bonds. The molecule has 16 heavy (non-hydrogen) atoms. The summed E-state index contributed by atoms with van der Waals surface area (Å²) in [5, 5.41) is 0. The van der Waals surface area contributed by atoms with Crippen LogP contribution in [0.1, 0.15) is 11.5 Å². The highest BCUT2D eigenvalue weighted by molar-refractivity contribution is 5.20. The Morgan fingerprint density at radius 1 is 1.31 bits per heavy atom. The second kappa shape index (κ2) is 7.39. The van der Waals surface area contributed by atoms with E-state index in [0.29, 0.717) is 12.5 Å². The zero-order valence-corrected chi connectivity index (χ0v) is 10.2. The van der Waals surface area contributed by atoms with Crippen LogP contribution in [0.3, 0.4) is 0 Å². The summed E-state index contributed by atoms with van der Waals surface area (Å²) < 4.78 is 5.06. The molecule has 3 heteroatoms. The van der Waals surface area contributed by atoms with Crippen LogP contribution in [0, 0.1) is 0 Å². The van der Waals surface area contributed by atoms with E-state index in [4.69, 9.17) is 10.5 Å². The van der Waals surface area contributed by atoms with Gasteiger partial charge in [-0.3, -0.25) is 0 Å². The number of methoxy groups -OCH3 is 1. The fourth-order valence-electron chi connectivity index (χ4n) is 1.76. The molecule has 1 unspecified atom stereocenters. The number of benzene rings is 1. The van der Waals surface area contributed by atoms with Crippen molar-refractivity contribution in [1.82, 2.24) is 4.90 Å². The molecule has 0 aliphatic rings. The summed E-state index contributed by atoms with van der Waals surface area (Å²) in [7, 11) is 3.83. The lowest BCUT2D eigenvalue weighted by Crippen LogP contribution is -2.31. The number of ether oxygens (including phenoxy) is 1. The third kappa shape index (κ3) is 4.31. The Bertz CT molecular complexity index is 277. The fourth-order valence-corrected chi connectivity index (χ4v) is 1.76. The number of nitrogens with two attached hydrogens (primary N) is 1. The predicted molar refractivity (Wildman–Crippen MR) is 67.6 cm³/mol. The van der Waals surface area contributed by atoms with E-state index in [-0.39, 0.29) is 0 Å². The first-order chi connectivity index (χ1) is 7.77. The van der Waals surface area contributed by atoms with E-state index in [1.54, 1.807) is 7.11 Å². The van der Waals surface area contributed by atoms with Gasteiger partial charge in [0.15, 0.2) is 0 Å². The molecule has 3 nitrogen and oxygen atoms in total. The van der Waals surface area contributed by atoms with Gasteiger partial charge in [-0.05, 0) is 12.6 Å². The van der Waals surface area contributed by atoms with Crippen molar-refractivity contribution in [2.24, 2.45) is 5.73 Å². The molecule has 0 aliphatic carbocycles. The van der Waals surface area contributed by atoms with E-state index in [9.17, 15) is 0 Å². The van der Waals surface area contributed by atoms with Crippen molar-refractivity contribution in [2.45, 2.75) is 5.92 Å². The Labute approximate surface area is 98.2 Å². The summed E-state index contributed by atoms with van der Waals surface area (Å²) in [6.07, 6.45) is 0. The van der Waals surface area contributed by atoms with Crippen molar-refractivity contribution in [2.75, 3.05) is 40.4 Å². The van der Waals surface area contributed by atoms with Crippen LogP contribution in [0.25, 0.3) is 0 Å². The van der Waals surface area contributed by atoms with Gasteiger partial charge in [-0.1, -0.05) is 30.3 Å². The molecule has 1 atom stereocenters. The second-order valence-electron chi connectivity index (χ2n) is 4.10. The molecular weight excluding hydrogens is 200 g/mol. The van der Waals surface area contributed by atoms with Crippen molar-refractivity contribution < 1.29 is 4.74 Å². The van der Waals surface area contributed by atoms with Gasteiger partial charge in [-0.2, -0.15) is 0 Å². The van der Waals surface area contributed by atoms with Crippen LogP contribution in [-0.2, 0) is 4.74 Å². The number of hydrogen-bond donors (Lipinski definition) is 1. The Balaban J connectivity index is 2.49. The molecule has 1 aromatic carbocycles. The first-order valence-corrected chi connectivity index (χ1v) is 5.70. The number of likely N-dealkylation sites (N-methyl/N-ethyl adjacent to an activating group) is 1. The third-order valence-electron chi connectivity index (χ3n) is 2.76. The van der Waals surface area contributed by atoms with Crippen LogP contribution in [0.2, 0.25) is 0 Å². The summed E-state index contributed by atoms with van der Waals surface area (Å²) in [6.45, 7) is 3.37. The van der Waals surface area contributed by atoms with Crippen LogP contribution < -0.4 is 5.73 Å². The minimum Gasteiger partial charge on any atom is -0.383 e. The molecule has 0 aliphatic heterocycles. The highest BCUT2D eigenvalue weighted by Crippen LogP contribution is 2.14. The molecular formula is C13H22N2O. The van der Waals surface area contributed by atoms with Crippen LogP contribution in [0.5, 0.6) is 0 Å². The average Bonchev–Trinajstić information content (AvgIpc) is 2.34. The van der Waals surface area contributed by atoms with E-state index in [0.717, 1.165) is 19.7 Å². The molecule has 0 radical (unpaired) electrons. The van der Waals surface area contributed by atoms with Gasteiger partial charge in [0.25, 0.3) is 0 Å². The van der Waals surface area contributed by atoms with Gasteiger partial charge in [0, 0.05) is 32.7 Å². The standard InChI is InChI=1S/C13H22N2O/c1-15(8-9-16-2)11-13(10-14)12-6-4-3-5-7-12/h3-7,13H,8-11,14H2,1-2H3. The highest BCUT2D eigenvalue weighted by atomic mass is 16.5. The minimum absolute atomic E-state index is 0.406. The highest BCUT2D eigenvalue weighted by Gasteiger charge is 2.11. The van der Waals surface area contributed by atoms with Gasteiger partial charge in [0.2, 0.25) is 0 Å². The van der Waals surface area contributed by atoms with E-state index >= 15 is 0 Å². The topological polar surface area (TPSA) is 38.5 Å². The Morgan fingerprint density at radius 3 is 2.56 bits per heavy atom. The smallest absolute Gasteiger partial charge is 0.0589 e. The van der Waals surface area contributed by atoms with E-state index < -0.39 is 0 Å². The zero-order valence-electron chi connectivity index (χ0n) is 10.2. The maximum atomic E-state index is 5.82. The van der Waals surface area contributed by atoms with Crippen LogP contribution >= 0.6 is 0 Å². The van der Waals surface area contributed by atoms with Gasteiger partial charge < -0.3 is 15.4 Å². The van der Waals surface area contributed by atoms with Crippen molar-refractivity contribution >= 4 is 0 Å². The van der Waals surface area contributed by atoms with Crippen LogP contribution in [-0.4, -0.2) is 45.3 Å².